The molecular formula is C11H16N2O. The highest BCUT2D eigenvalue weighted by Crippen LogP contribution is 2.36. The van der Waals surface area contributed by atoms with Crippen LogP contribution in [0.2, 0.25) is 0 Å². The van der Waals surface area contributed by atoms with Gasteiger partial charge >= 0.3 is 0 Å². The fraction of sp³-hybridized carbons (Fsp3) is 0.455. The van der Waals surface area contributed by atoms with Crippen LogP contribution in [0.25, 0.3) is 0 Å². The highest BCUT2D eigenvalue weighted by molar-refractivity contribution is 5.68. The predicted molar refractivity (Wildman–Crippen MR) is 57.9 cm³/mol. The SMILES string of the molecule is COc1ccc(C)c2c1NC(CN)C2. The molecule has 0 aliphatic carbocycles. The van der Waals surface area contributed by atoms with Gasteiger partial charge in [-0.15, -0.1) is 0 Å². The monoisotopic (exact) mass is 192 g/mol. The van der Waals surface area contributed by atoms with Gasteiger partial charge in [0.05, 0.1) is 12.8 Å². The first-order valence-corrected chi connectivity index (χ1v) is 4.89. The molecule has 3 nitrogen and oxygen atoms in total. The fourth-order valence-corrected chi connectivity index (χ4v) is 1.97. The summed E-state index contributed by atoms with van der Waals surface area (Å²) in [5, 5.41) is 3.39. The van der Waals surface area contributed by atoms with Gasteiger partial charge in [0.1, 0.15) is 5.75 Å². The van der Waals surface area contributed by atoms with Gasteiger partial charge < -0.3 is 15.8 Å². The summed E-state index contributed by atoms with van der Waals surface area (Å²) >= 11 is 0. The summed E-state index contributed by atoms with van der Waals surface area (Å²) in [5.74, 6) is 0.918. The van der Waals surface area contributed by atoms with Crippen molar-refractivity contribution in [1.29, 1.82) is 0 Å². The number of ether oxygens (including phenoxy) is 1. The van der Waals surface area contributed by atoms with E-state index in [9.17, 15) is 0 Å². The number of benzene rings is 1. The van der Waals surface area contributed by atoms with Crippen LogP contribution in [0.15, 0.2) is 12.1 Å². The van der Waals surface area contributed by atoms with Crippen LogP contribution in [0.1, 0.15) is 11.1 Å². The second-order valence-electron chi connectivity index (χ2n) is 3.72. The molecule has 0 saturated carbocycles. The Morgan fingerprint density at radius 3 is 3.00 bits per heavy atom. The minimum absolute atomic E-state index is 0.361. The van der Waals surface area contributed by atoms with Crippen LogP contribution in [0.5, 0.6) is 5.75 Å². The first-order valence-electron chi connectivity index (χ1n) is 4.89. The van der Waals surface area contributed by atoms with Gasteiger partial charge in [0.25, 0.3) is 0 Å². The Balaban J connectivity index is 2.42. The van der Waals surface area contributed by atoms with Crippen molar-refractivity contribution >= 4 is 5.69 Å². The van der Waals surface area contributed by atoms with Crippen molar-refractivity contribution < 1.29 is 4.74 Å². The highest BCUT2D eigenvalue weighted by atomic mass is 16.5. The predicted octanol–water partition coefficient (Wildman–Crippen LogP) is 1.30. The molecule has 14 heavy (non-hydrogen) atoms. The van der Waals surface area contributed by atoms with Crippen molar-refractivity contribution in [3.05, 3.63) is 23.3 Å². The van der Waals surface area contributed by atoms with Crippen molar-refractivity contribution in [2.24, 2.45) is 5.73 Å². The van der Waals surface area contributed by atoms with E-state index in [0.717, 1.165) is 17.9 Å². The van der Waals surface area contributed by atoms with E-state index in [4.69, 9.17) is 10.5 Å². The first-order chi connectivity index (χ1) is 6.76. The molecule has 0 aromatic heterocycles. The number of fused-ring (bicyclic) bond motifs is 1. The molecule has 0 amide bonds. The summed E-state index contributed by atoms with van der Waals surface area (Å²) in [6.45, 7) is 2.79. The maximum absolute atomic E-state index is 5.65. The summed E-state index contributed by atoms with van der Waals surface area (Å²) in [6, 6.07) is 4.46. The zero-order valence-electron chi connectivity index (χ0n) is 8.63. The third kappa shape index (κ3) is 1.34. The number of methoxy groups -OCH3 is 1. The number of hydrogen-bond acceptors (Lipinski definition) is 3. The van der Waals surface area contributed by atoms with Gasteiger partial charge in [0, 0.05) is 12.6 Å². The first kappa shape index (κ1) is 9.34. The molecule has 3 heteroatoms. The summed E-state index contributed by atoms with van der Waals surface area (Å²) in [7, 11) is 1.70. The molecule has 3 N–H and O–H groups in total. The molecule has 0 spiro atoms. The van der Waals surface area contributed by atoms with E-state index in [1.807, 2.05) is 6.07 Å². The largest absolute Gasteiger partial charge is 0.495 e. The molecular weight excluding hydrogens is 176 g/mol. The quantitative estimate of drug-likeness (QED) is 0.742. The van der Waals surface area contributed by atoms with Crippen LogP contribution in [0, 0.1) is 6.92 Å². The molecule has 0 saturated heterocycles. The van der Waals surface area contributed by atoms with Crippen LogP contribution >= 0.6 is 0 Å². The van der Waals surface area contributed by atoms with E-state index in [1.54, 1.807) is 7.11 Å². The van der Waals surface area contributed by atoms with Crippen LogP contribution in [-0.2, 0) is 6.42 Å². The lowest BCUT2D eigenvalue weighted by atomic mass is 10.0. The second-order valence-corrected chi connectivity index (χ2v) is 3.72. The molecule has 76 valence electrons. The van der Waals surface area contributed by atoms with E-state index < -0.39 is 0 Å². The number of nitrogens with one attached hydrogen (secondary N) is 1. The van der Waals surface area contributed by atoms with Crippen LogP contribution < -0.4 is 15.8 Å². The van der Waals surface area contributed by atoms with Crippen molar-refractivity contribution in [3.63, 3.8) is 0 Å². The van der Waals surface area contributed by atoms with Gasteiger partial charge in [0.15, 0.2) is 0 Å². The number of anilines is 1. The lowest BCUT2D eigenvalue weighted by Crippen LogP contribution is -2.25. The molecule has 1 unspecified atom stereocenters. The fourth-order valence-electron chi connectivity index (χ4n) is 1.97. The van der Waals surface area contributed by atoms with Gasteiger partial charge in [-0.25, -0.2) is 0 Å². The molecule has 0 fully saturated rings. The average Bonchev–Trinajstić information content (AvgIpc) is 2.63. The Kier molecular flexibility index (Phi) is 2.33. The molecule has 1 aliphatic heterocycles. The topological polar surface area (TPSA) is 47.3 Å². The molecule has 1 aromatic rings. The second kappa shape index (κ2) is 3.50. The van der Waals surface area contributed by atoms with Gasteiger partial charge in [-0.3, -0.25) is 0 Å². The van der Waals surface area contributed by atoms with Gasteiger partial charge in [-0.1, -0.05) is 6.07 Å². The van der Waals surface area contributed by atoms with E-state index >= 15 is 0 Å². The van der Waals surface area contributed by atoms with Gasteiger partial charge in [-0.2, -0.15) is 0 Å². The highest BCUT2D eigenvalue weighted by Gasteiger charge is 2.23. The number of hydrogen-bond donors (Lipinski definition) is 2. The zero-order valence-corrected chi connectivity index (χ0v) is 8.63. The molecule has 0 bridgehead atoms. The standard InChI is InChI=1S/C11H16N2O/c1-7-3-4-10(14-2)11-9(7)5-8(6-12)13-11/h3-4,8,13H,5-6,12H2,1-2H3. The minimum atomic E-state index is 0.361. The van der Waals surface area contributed by atoms with Crippen LogP contribution in [-0.4, -0.2) is 19.7 Å². The van der Waals surface area contributed by atoms with E-state index in [2.05, 4.69) is 18.3 Å². The maximum Gasteiger partial charge on any atom is 0.142 e. The lowest BCUT2D eigenvalue weighted by Gasteiger charge is -2.10. The van der Waals surface area contributed by atoms with E-state index in [-0.39, 0.29) is 0 Å². The zero-order chi connectivity index (χ0) is 10.1. The molecule has 1 aromatic carbocycles. The summed E-state index contributed by atoms with van der Waals surface area (Å²) in [4.78, 5) is 0. The number of aryl methyl sites for hydroxylation is 1. The molecule has 1 aliphatic rings. The molecule has 0 radical (unpaired) electrons. The maximum atomic E-state index is 5.65. The Hall–Kier alpha value is -1.22. The summed E-state index contributed by atoms with van der Waals surface area (Å²) in [5.41, 5.74) is 9.44. The number of rotatable bonds is 2. The van der Waals surface area contributed by atoms with Gasteiger partial charge in [0.2, 0.25) is 0 Å². The van der Waals surface area contributed by atoms with Crippen molar-refractivity contribution in [2.75, 3.05) is 19.0 Å². The van der Waals surface area contributed by atoms with E-state index in [0.29, 0.717) is 12.6 Å². The average molecular weight is 192 g/mol. The number of nitrogens with two attached hydrogens (primary N) is 1. The smallest absolute Gasteiger partial charge is 0.142 e. The Morgan fingerprint density at radius 2 is 2.36 bits per heavy atom. The Bertz CT molecular complexity index is 349. The summed E-state index contributed by atoms with van der Waals surface area (Å²) in [6.07, 6.45) is 1.01. The third-order valence-corrected chi connectivity index (χ3v) is 2.81. The lowest BCUT2D eigenvalue weighted by molar-refractivity contribution is 0.416. The van der Waals surface area contributed by atoms with Crippen molar-refractivity contribution in [3.8, 4) is 5.75 Å². The minimum Gasteiger partial charge on any atom is -0.495 e. The van der Waals surface area contributed by atoms with Gasteiger partial charge in [-0.05, 0) is 30.5 Å². The molecule has 1 atom stereocenters. The third-order valence-electron chi connectivity index (χ3n) is 2.81. The molecule has 1 heterocycles. The van der Waals surface area contributed by atoms with E-state index in [1.165, 1.54) is 11.1 Å². The van der Waals surface area contributed by atoms with Crippen LogP contribution in [0.4, 0.5) is 5.69 Å². The van der Waals surface area contributed by atoms with Crippen molar-refractivity contribution in [2.45, 2.75) is 19.4 Å². The molecule has 2 rings (SSSR count). The normalized spacial score (nSPS) is 18.9. The van der Waals surface area contributed by atoms with Crippen molar-refractivity contribution in [1.82, 2.24) is 0 Å². The summed E-state index contributed by atoms with van der Waals surface area (Å²) < 4.78 is 5.30. The van der Waals surface area contributed by atoms with Crippen LogP contribution in [0.3, 0.4) is 0 Å². The Labute approximate surface area is 84.3 Å². The Morgan fingerprint density at radius 1 is 1.57 bits per heavy atom.